The van der Waals surface area contributed by atoms with E-state index in [1.54, 1.807) is 12.1 Å². The Balaban J connectivity index is 2.30. The third-order valence-electron chi connectivity index (χ3n) is 3.13. The molecule has 106 valence electrons. The van der Waals surface area contributed by atoms with Crippen molar-refractivity contribution in [3.63, 3.8) is 0 Å². The molecular weight excluding hydrogens is 278 g/mol. The number of carboxylic acid groups (broad SMARTS) is 1. The standard InChI is InChI=1S/C15H16ClNO3/c1-8-6-12(10(3)20-8)9(2)17-14-5-4-11(16)7-13(14)15(18)19/h4-7,9,17H,1-3H3,(H,18,19). The molecule has 1 heterocycles. The first kappa shape index (κ1) is 14.5. The van der Waals surface area contributed by atoms with Gasteiger partial charge in [0.25, 0.3) is 0 Å². The van der Waals surface area contributed by atoms with Crippen LogP contribution in [-0.4, -0.2) is 11.1 Å². The van der Waals surface area contributed by atoms with Gasteiger partial charge in [-0.15, -0.1) is 0 Å². The molecule has 0 bridgehead atoms. The highest BCUT2D eigenvalue weighted by atomic mass is 35.5. The molecule has 0 saturated heterocycles. The second-order valence-corrected chi connectivity index (χ2v) is 5.17. The highest BCUT2D eigenvalue weighted by molar-refractivity contribution is 6.31. The Bertz CT molecular complexity index is 649. The number of hydrogen-bond donors (Lipinski definition) is 2. The molecule has 2 aromatic rings. The summed E-state index contributed by atoms with van der Waals surface area (Å²) in [6, 6.07) is 6.66. The van der Waals surface area contributed by atoms with Crippen molar-refractivity contribution >= 4 is 23.3 Å². The van der Waals surface area contributed by atoms with Gasteiger partial charge in [0.2, 0.25) is 0 Å². The molecule has 0 saturated carbocycles. The van der Waals surface area contributed by atoms with Gasteiger partial charge >= 0.3 is 5.97 Å². The largest absolute Gasteiger partial charge is 0.478 e. The van der Waals surface area contributed by atoms with Crippen LogP contribution in [0.25, 0.3) is 0 Å². The van der Waals surface area contributed by atoms with Gasteiger partial charge in [0.05, 0.1) is 11.6 Å². The van der Waals surface area contributed by atoms with Crippen LogP contribution in [0.15, 0.2) is 28.7 Å². The lowest BCUT2D eigenvalue weighted by Gasteiger charge is -2.16. The molecule has 1 aromatic carbocycles. The van der Waals surface area contributed by atoms with Crippen molar-refractivity contribution in [3.8, 4) is 0 Å². The molecule has 2 N–H and O–H groups in total. The van der Waals surface area contributed by atoms with Crippen LogP contribution in [0.2, 0.25) is 5.02 Å². The van der Waals surface area contributed by atoms with Crippen molar-refractivity contribution in [1.82, 2.24) is 0 Å². The molecule has 1 atom stereocenters. The average molecular weight is 294 g/mol. The Labute approximate surface area is 122 Å². The maximum atomic E-state index is 11.2. The monoisotopic (exact) mass is 293 g/mol. The summed E-state index contributed by atoms with van der Waals surface area (Å²) in [5.74, 6) is 0.649. The number of furan rings is 1. The van der Waals surface area contributed by atoms with Crippen molar-refractivity contribution in [2.45, 2.75) is 26.8 Å². The molecule has 0 amide bonds. The van der Waals surface area contributed by atoms with E-state index in [2.05, 4.69) is 5.32 Å². The Morgan fingerprint density at radius 1 is 1.35 bits per heavy atom. The van der Waals surface area contributed by atoms with Crippen molar-refractivity contribution in [2.24, 2.45) is 0 Å². The fourth-order valence-corrected chi connectivity index (χ4v) is 2.38. The lowest BCUT2D eigenvalue weighted by molar-refractivity contribution is 0.0698. The maximum Gasteiger partial charge on any atom is 0.337 e. The Morgan fingerprint density at radius 3 is 2.60 bits per heavy atom. The van der Waals surface area contributed by atoms with E-state index in [9.17, 15) is 9.90 Å². The number of anilines is 1. The number of carbonyl (C=O) groups is 1. The fourth-order valence-electron chi connectivity index (χ4n) is 2.21. The van der Waals surface area contributed by atoms with Gasteiger partial charge in [-0.2, -0.15) is 0 Å². The van der Waals surface area contributed by atoms with Gasteiger partial charge in [-0.25, -0.2) is 4.79 Å². The van der Waals surface area contributed by atoms with Crippen molar-refractivity contribution in [3.05, 3.63) is 51.9 Å². The molecule has 20 heavy (non-hydrogen) atoms. The summed E-state index contributed by atoms with van der Waals surface area (Å²) in [5, 5.41) is 12.8. The summed E-state index contributed by atoms with van der Waals surface area (Å²) in [6.07, 6.45) is 0. The molecule has 0 radical (unpaired) electrons. The van der Waals surface area contributed by atoms with Crippen LogP contribution in [0.5, 0.6) is 0 Å². The zero-order valence-corrected chi connectivity index (χ0v) is 12.3. The number of rotatable bonds is 4. The molecule has 1 aromatic heterocycles. The normalized spacial score (nSPS) is 12.2. The number of halogens is 1. The number of hydrogen-bond acceptors (Lipinski definition) is 3. The van der Waals surface area contributed by atoms with Crippen molar-refractivity contribution in [2.75, 3.05) is 5.32 Å². The van der Waals surface area contributed by atoms with Crippen LogP contribution >= 0.6 is 11.6 Å². The minimum absolute atomic E-state index is 0.0632. The van der Waals surface area contributed by atoms with E-state index in [4.69, 9.17) is 16.0 Å². The maximum absolute atomic E-state index is 11.2. The molecule has 2 rings (SSSR count). The lowest BCUT2D eigenvalue weighted by atomic mass is 10.1. The second kappa shape index (κ2) is 5.59. The number of aromatic carboxylic acids is 1. The smallest absolute Gasteiger partial charge is 0.337 e. The quantitative estimate of drug-likeness (QED) is 0.876. The molecule has 0 spiro atoms. The fraction of sp³-hybridized carbons (Fsp3) is 0.267. The zero-order chi connectivity index (χ0) is 14.9. The van der Waals surface area contributed by atoms with Crippen LogP contribution < -0.4 is 5.32 Å². The summed E-state index contributed by atoms with van der Waals surface area (Å²) >= 11 is 5.84. The van der Waals surface area contributed by atoms with E-state index in [1.807, 2.05) is 26.8 Å². The number of aryl methyl sites for hydroxylation is 2. The first-order valence-corrected chi connectivity index (χ1v) is 6.62. The van der Waals surface area contributed by atoms with Gasteiger partial charge in [-0.05, 0) is 45.0 Å². The molecular formula is C15H16ClNO3. The molecule has 4 nitrogen and oxygen atoms in total. The predicted octanol–water partition coefficient (Wildman–Crippen LogP) is 4.42. The Hall–Kier alpha value is -1.94. The third kappa shape index (κ3) is 2.96. The van der Waals surface area contributed by atoms with Crippen LogP contribution in [0.1, 0.15) is 40.4 Å². The highest BCUT2D eigenvalue weighted by Gasteiger charge is 2.16. The van der Waals surface area contributed by atoms with E-state index < -0.39 is 5.97 Å². The molecule has 0 aliphatic carbocycles. The van der Waals surface area contributed by atoms with E-state index in [0.29, 0.717) is 10.7 Å². The predicted molar refractivity (Wildman–Crippen MR) is 78.6 cm³/mol. The van der Waals surface area contributed by atoms with Gasteiger partial charge in [-0.3, -0.25) is 0 Å². The van der Waals surface area contributed by atoms with Gasteiger partial charge in [0.15, 0.2) is 0 Å². The van der Waals surface area contributed by atoms with Gasteiger partial charge < -0.3 is 14.8 Å². The minimum Gasteiger partial charge on any atom is -0.478 e. The van der Waals surface area contributed by atoms with Crippen molar-refractivity contribution in [1.29, 1.82) is 0 Å². The van der Waals surface area contributed by atoms with E-state index >= 15 is 0 Å². The Kier molecular flexibility index (Phi) is 4.04. The summed E-state index contributed by atoms with van der Waals surface area (Å²) in [6.45, 7) is 5.73. The second-order valence-electron chi connectivity index (χ2n) is 4.73. The van der Waals surface area contributed by atoms with Crippen molar-refractivity contribution < 1.29 is 14.3 Å². The first-order valence-electron chi connectivity index (χ1n) is 6.25. The van der Waals surface area contributed by atoms with Crippen LogP contribution in [0.4, 0.5) is 5.69 Å². The SMILES string of the molecule is Cc1cc(C(C)Nc2ccc(Cl)cc2C(=O)O)c(C)o1. The molecule has 0 aliphatic rings. The topological polar surface area (TPSA) is 62.5 Å². The first-order chi connectivity index (χ1) is 9.38. The van der Waals surface area contributed by atoms with Gasteiger partial charge in [-0.1, -0.05) is 11.6 Å². The molecule has 0 aliphatic heterocycles. The van der Waals surface area contributed by atoms with E-state index in [1.165, 1.54) is 6.07 Å². The van der Waals surface area contributed by atoms with Gasteiger partial charge in [0, 0.05) is 16.3 Å². The summed E-state index contributed by atoms with van der Waals surface area (Å²) in [7, 11) is 0. The Morgan fingerprint density at radius 2 is 2.05 bits per heavy atom. The van der Waals surface area contributed by atoms with Crippen LogP contribution in [0, 0.1) is 13.8 Å². The van der Waals surface area contributed by atoms with E-state index in [0.717, 1.165) is 17.1 Å². The third-order valence-corrected chi connectivity index (χ3v) is 3.37. The average Bonchev–Trinajstić information content (AvgIpc) is 2.70. The number of benzene rings is 1. The number of nitrogens with one attached hydrogen (secondary N) is 1. The van der Waals surface area contributed by atoms with Crippen LogP contribution in [0.3, 0.4) is 0 Å². The zero-order valence-electron chi connectivity index (χ0n) is 11.5. The molecule has 5 heteroatoms. The van der Waals surface area contributed by atoms with Gasteiger partial charge in [0.1, 0.15) is 11.5 Å². The van der Waals surface area contributed by atoms with Crippen LogP contribution in [-0.2, 0) is 0 Å². The molecule has 0 fully saturated rings. The summed E-state index contributed by atoms with van der Waals surface area (Å²) < 4.78 is 5.49. The minimum atomic E-state index is -1.01. The van der Waals surface area contributed by atoms with E-state index in [-0.39, 0.29) is 11.6 Å². The summed E-state index contributed by atoms with van der Waals surface area (Å²) in [5.41, 5.74) is 1.70. The lowest BCUT2D eigenvalue weighted by Crippen LogP contribution is -2.11. The summed E-state index contributed by atoms with van der Waals surface area (Å²) in [4.78, 5) is 11.2. The highest BCUT2D eigenvalue weighted by Crippen LogP contribution is 2.28. The number of carboxylic acids is 1. The molecule has 1 unspecified atom stereocenters.